The highest BCUT2D eigenvalue weighted by molar-refractivity contribution is 5.82. The van der Waals surface area contributed by atoms with Crippen LogP contribution in [-0.4, -0.2) is 24.8 Å². The van der Waals surface area contributed by atoms with E-state index in [1.165, 1.54) is 10.9 Å². The number of fused-ring (bicyclic) bond motifs is 1. The molecule has 1 heterocycles. The van der Waals surface area contributed by atoms with Crippen LogP contribution in [0, 0.1) is 0 Å². The fraction of sp³-hybridized carbons (Fsp3) is 0.500. The van der Waals surface area contributed by atoms with Crippen molar-refractivity contribution in [3.05, 3.63) is 36.1 Å². The van der Waals surface area contributed by atoms with Gasteiger partial charge in [0.1, 0.15) is 5.58 Å². The van der Waals surface area contributed by atoms with Crippen LogP contribution in [0.25, 0.3) is 11.0 Å². The molecule has 19 heavy (non-hydrogen) atoms. The summed E-state index contributed by atoms with van der Waals surface area (Å²) in [5.41, 5.74) is 2.23. The maximum Gasteiger partial charge on any atom is 0.134 e. The smallest absolute Gasteiger partial charge is 0.134 e. The summed E-state index contributed by atoms with van der Waals surface area (Å²) < 4.78 is 5.62. The molecule has 0 aliphatic carbocycles. The van der Waals surface area contributed by atoms with E-state index in [-0.39, 0.29) is 12.0 Å². The summed E-state index contributed by atoms with van der Waals surface area (Å²) in [4.78, 5) is 0. The van der Waals surface area contributed by atoms with Crippen molar-refractivity contribution in [1.29, 1.82) is 0 Å². The second-order valence-corrected chi connectivity index (χ2v) is 5.64. The molecule has 1 aromatic carbocycles. The summed E-state index contributed by atoms with van der Waals surface area (Å²) in [7, 11) is 0. The lowest BCUT2D eigenvalue weighted by Gasteiger charge is -2.24. The lowest BCUT2D eigenvalue weighted by Crippen LogP contribution is -2.33. The zero-order valence-corrected chi connectivity index (χ0v) is 11.8. The van der Waals surface area contributed by atoms with Gasteiger partial charge < -0.3 is 14.8 Å². The van der Waals surface area contributed by atoms with Crippen LogP contribution in [0.4, 0.5) is 0 Å². The lowest BCUT2D eigenvalue weighted by molar-refractivity contribution is 0.283. The second-order valence-electron chi connectivity index (χ2n) is 5.64. The Balaban J connectivity index is 2.02. The fourth-order valence-corrected chi connectivity index (χ4v) is 2.36. The van der Waals surface area contributed by atoms with Gasteiger partial charge in [-0.05, 0) is 25.5 Å². The predicted octanol–water partition coefficient (Wildman–Crippen LogP) is 3.07. The quantitative estimate of drug-likeness (QED) is 0.753. The Morgan fingerprint density at radius 3 is 2.79 bits per heavy atom. The summed E-state index contributed by atoms with van der Waals surface area (Å²) >= 11 is 0. The van der Waals surface area contributed by atoms with Gasteiger partial charge in [0.25, 0.3) is 0 Å². The van der Waals surface area contributed by atoms with E-state index < -0.39 is 0 Å². The minimum absolute atomic E-state index is 0.0335. The van der Waals surface area contributed by atoms with Gasteiger partial charge in [0.15, 0.2) is 0 Å². The van der Waals surface area contributed by atoms with Crippen molar-refractivity contribution >= 4 is 11.0 Å². The lowest BCUT2D eigenvalue weighted by atomic mass is 9.84. The molecule has 0 amide bonds. The van der Waals surface area contributed by atoms with E-state index in [2.05, 4.69) is 25.2 Å². The standard InChI is InChI=1S/C16H23NO2/c1-16(2,12-17-9-5-6-10-18)14-11-19-15-8-4-3-7-13(14)15/h3-4,7-8,11,17-18H,5-6,9-10,12H2,1-2H3. The van der Waals surface area contributed by atoms with Crippen molar-refractivity contribution < 1.29 is 9.52 Å². The minimum atomic E-state index is 0.0335. The van der Waals surface area contributed by atoms with Gasteiger partial charge in [0, 0.05) is 29.5 Å². The third kappa shape index (κ3) is 3.37. The van der Waals surface area contributed by atoms with Crippen molar-refractivity contribution in [3.63, 3.8) is 0 Å². The zero-order chi connectivity index (χ0) is 13.7. The van der Waals surface area contributed by atoms with Gasteiger partial charge in [0.2, 0.25) is 0 Å². The van der Waals surface area contributed by atoms with Crippen LogP contribution in [0.3, 0.4) is 0 Å². The van der Waals surface area contributed by atoms with Crippen LogP contribution in [0.15, 0.2) is 34.9 Å². The van der Waals surface area contributed by atoms with Crippen molar-refractivity contribution in [3.8, 4) is 0 Å². The minimum Gasteiger partial charge on any atom is -0.464 e. The van der Waals surface area contributed by atoms with Crippen molar-refractivity contribution in [2.75, 3.05) is 19.7 Å². The molecule has 104 valence electrons. The van der Waals surface area contributed by atoms with Crippen LogP contribution >= 0.6 is 0 Å². The van der Waals surface area contributed by atoms with E-state index in [9.17, 15) is 0 Å². The highest BCUT2D eigenvalue weighted by atomic mass is 16.3. The zero-order valence-electron chi connectivity index (χ0n) is 11.8. The molecular formula is C16H23NO2. The Morgan fingerprint density at radius 1 is 1.21 bits per heavy atom. The molecule has 3 heteroatoms. The molecule has 0 saturated carbocycles. The molecular weight excluding hydrogens is 238 g/mol. The monoisotopic (exact) mass is 261 g/mol. The van der Waals surface area contributed by atoms with Crippen molar-refractivity contribution in [1.82, 2.24) is 5.32 Å². The SMILES string of the molecule is CC(C)(CNCCCCO)c1coc2ccccc12. The van der Waals surface area contributed by atoms with Gasteiger partial charge in [-0.1, -0.05) is 32.0 Å². The van der Waals surface area contributed by atoms with Gasteiger partial charge in [-0.25, -0.2) is 0 Å². The molecule has 3 nitrogen and oxygen atoms in total. The van der Waals surface area contributed by atoms with Crippen LogP contribution in [0.1, 0.15) is 32.3 Å². The van der Waals surface area contributed by atoms with Crippen LogP contribution < -0.4 is 5.32 Å². The molecule has 0 aliphatic rings. The number of aliphatic hydroxyl groups is 1. The number of rotatable bonds is 7. The van der Waals surface area contributed by atoms with Crippen molar-refractivity contribution in [2.45, 2.75) is 32.1 Å². The van der Waals surface area contributed by atoms with Crippen LogP contribution in [0.2, 0.25) is 0 Å². The summed E-state index contributed by atoms with van der Waals surface area (Å²) in [5.74, 6) is 0. The maximum absolute atomic E-state index is 8.75. The molecule has 0 bridgehead atoms. The third-order valence-electron chi connectivity index (χ3n) is 3.54. The highest BCUT2D eigenvalue weighted by Crippen LogP contribution is 2.31. The molecule has 2 N–H and O–H groups in total. The second kappa shape index (κ2) is 6.22. The molecule has 0 atom stereocenters. The van der Waals surface area contributed by atoms with Gasteiger partial charge in [-0.15, -0.1) is 0 Å². The van der Waals surface area contributed by atoms with Gasteiger partial charge >= 0.3 is 0 Å². The van der Waals surface area contributed by atoms with Gasteiger partial charge in [0.05, 0.1) is 6.26 Å². The summed E-state index contributed by atoms with van der Waals surface area (Å²) in [6.07, 6.45) is 3.75. The first kappa shape index (κ1) is 14.1. The van der Waals surface area contributed by atoms with E-state index >= 15 is 0 Å². The first-order chi connectivity index (χ1) is 9.15. The molecule has 0 radical (unpaired) electrons. The molecule has 1 aromatic heterocycles. The molecule has 0 saturated heterocycles. The van der Waals surface area contributed by atoms with E-state index in [4.69, 9.17) is 9.52 Å². The number of hydrogen-bond donors (Lipinski definition) is 2. The fourth-order valence-electron chi connectivity index (χ4n) is 2.36. The number of nitrogens with one attached hydrogen (secondary N) is 1. The number of hydrogen-bond acceptors (Lipinski definition) is 3. The van der Waals surface area contributed by atoms with E-state index in [1.54, 1.807) is 0 Å². The topological polar surface area (TPSA) is 45.4 Å². The molecule has 0 aliphatic heterocycles. The Labute approximate surface area is 114 Å². The summed E-state index contributed by atoms with van der Waals surface area (Å²) in [6.45, 7) is 6.58. The number of para-hydroxylation sites is 1. The molecule has 2 aromatic rings. The van der Waals surface area contributed by atoms with E-state index in [0.717, 1.165) is 31.5 Å². The Bertz CT molecular complexity index is 516. The Morgan fingerprint density at radius 2 is 2.00 bits per heavy atom. The van der Waals surface area contributed by atoms with Crippen molar-refractivity contribution in [2.24, 2.45) is 0 Å². The normalized spacial score (nSPS) is 12.2. The van der Waals surface area contributed by atoms with Gasteiger partial charge in [-0.2, -0.15) is 0 Å². The maximum atomic E-state index is 8.75. The first-order valence-corrected chi connectivity index (χ1v) is 6.93. The van der Waals surface area contributed by atoms with E-state index in [1.807, 2.05) is 24.5 Å². The third-order valence-corrected chi connectivity index (χ3v) is 3.54. The summed E-state index contributed by atoms with van der Waals surface area (Å²) in [6, 6.07) is 8.16. The van der Waals surface area contributed by atoms with Crippen LogP contribution in [0.5, 0.6) is 0 Å². The number of benzene rings is 1. The number of unbranched alkanes of at least 4 members (excludes halogenated alkanes) is 1. The largest absolute Gasteiger partial charge is 0.464 e. The molecule has 0 fully saturated rings. The van der Waals surface area contributed by atoms with E-state index in [0.29, 0.717) is 0 Å². The average Bonchev–Trinajstić information content (AvgIpc) is 2.83. The Hall–Kier alpha value is -1.32. The summed E-state index contributed by atoms with van der Waals surface area (Å²) in [5, 5.41) is 13.4. The average molecular weight is 261 g/mol. The highest BCUT2D eigenvalue weighted by Gasteiger charge is 2.24. The Kier molecular flexibility index (Phi) is 4.61. The molecule has 0 spiro atoms. The number of furan rings is 1. The number of aliphatic hydroxyl groups excluding tert-OH is 1. The van der Waals surface area contributed by atoms with Gasteiger partial charge in [-0.3, -0.25) is 0 Å². The predicted molar refractivity (Wildman–Crippen MR) is 78.4 cm³/mol. The molecule has 2 rings (SSSR count). The first-order valence-electron chi connectivity index (χ1n) is 6.93. The van der Waals surface area contributed by atoms with Crippen LogP contribution in [-0.2, 0) is 5.41 Å². The molecule has 0 unspecified atom stereocenters.